The van der Waals surface area contributed by atoms with Gasteiger partial charge in [-0.3, -0.25) is 5.32 Å². The first-order valence-corrected chi connectivity index (χ1v) is 6.36. The number of nitrogens with one attached hydrogen (secondary N) is 1. The number of hydrogen-bond donors (Lipinski definition) is 1. The molecule has 1 aliphatic carbocycles. The van der Waals surface area contributed by atoms with Crippen LogP contribution >= 0.6 is 0 Å². The van der Waals surface area contributed by atoms with Crippen molar-refractivity contribution < 1.29 is 31.1 Å². The Morgan fingerprint density at radius 2 is 1.62 bits per heavy atom. The predicted molar refractivity (Wildman–Crippen MR) is 61.2 cm³/mol. The van der Waals surface area contributed by atoms with Crippen LogP contribution in [0.1, 0.15) is 26.7 Å². The summed E-state index contributed by atoms with van der Waals surface area (Å²) in [6.45, 7) is 2.34. The van der Waals surface area contributed by atoms with E-state index in [4.69, 9.17) is 0 Å². The van der Waals surface area contributed by atoms with Crippen molar-refractivity contribution in [3.05, 3.63) is 0 Å². The minimum atomic E-state index is -5.57. The molecule has 1 N–H and O–H groups in total. The summed E-state index contributed by atoms with van der Waals surface area (Å²) in [6.07, 6.45) is -13.9. The maximum Gasteiger partial charge on any atom is 0.423 e. The fraction of sp³-hybridized carbons (Fsp3) is 0.917. The fourth-order valence-electron chi connectivity index (χ4n) is 2.11. The van der Waals surface area contributed by atoms with Crippen LogP contribution in [0.5, 0.6) is 0 Å². The van der Waals surface area contributed by atoms with Gasteiger partial charge in [0.2, 0.25) is 6.10 Å². The third-order valence-electron chi connectivity index (χ3n) is 3.09. The summed E-state index contributed by atoms with van der Waals surface area (Å²) in [5.74, 6) is -0.299. The highest BCUT2D eigenvalue weighted by atomic mass is 19.4. The number of nitriles is 1. The standard InChI is InChI=1S/C12H16F6N2O/c1-7(2)20-10(5-19,8-3-4-8)6-21-9(11(13,14)15)12(16,17)18/h7-9,20H,3-4,6H2,1-2H3. The zero-order valence-corrected chi connectivity index (χ0v) is 11.5. The van der Waals surface area contributed by atoms with Gasteiger partial charge in [-0.1, -0.05) is 0 Å². The van der Waals surface area contributed by atoms with E-state index in [1.54, 1.807) is 19.9 Å². The number of halogens is 6. The second kappa shape index (κ2) is 6.01. The first kappa shape index (κ1) is 18.0. The Kier molecular flexibility index (Phi) is 5.16. The predicted octanol–water partition coefficient (Wildman–Crippen LogP) is 3.17. The molecule has 0 aromatic rings. The van der Waals surface area contributed by atoms with Crippen molar-refractivity contribution in [3.8, 4) is 6.07 Å². The molecule has 0 aliphatic heterocycles. The Morgan fingerprint density at radius 3 is 1.90 bits per heavy atom. The van der Waals surface area contributed by atoms with Crippen molar-refractivity contribution in [1.82, 2.24) is 5.32 Å². The van der Waals surface area contributed by atoms with E-state index in [9.17, 15) is 31.6 Å². The van der Waals surface area contributed by atoms with Gasteiger partial charge in [-0.15, -0.1) is 0 Å². The molecular formula is C12H16F6N2O. The summed E-state index contributed by atoms with van der Waals surface area (Å²) in [7, 11) is 0. The summed E-state index contributed by atoms with van der Waals surface area (Å²) in [4.78, 5) is 0. The maximum absolute atomic E-state index is 12.4. The molecule has 1 rings (SSSR count). The topological polar surface area (TPSA) is 45.0 Å². The summed E-state index contributed by atoms with van der Waals surface area (Å²) in [6, 6.07) is 1.52. The maximum atomic E-state index is 12.4. The van der Waals surface area contributed by atoms with Crippen LogP contribution in [0.25, 0.3) is 0 Å². The molecule has 0 aromatic heterocycles. The Morgan fingerprint density at radius 1 is 1.14 bits per heavy atom. The number of ether oxygens (including phenoxy) is 1. The van der Waals surface area contributed by atoms with E-state index in [0.29, 0.717) is 12.8 Å². The molecule has 0 spiro atoms. The van der Waals surface area contributed by atoms with Crippen LogP contribution in [0.15, 0.2) is 0 Å². The SMILES string of the molecule is CC(C)NC(C#N)(COC(C(F)(F)F)C(F)(F)F)C1CC1. The molecule has 1 unspecified atom stereocenters. The van der Waals surface area contributed by atoms with Gasteiger partial charge in [-0.25, -0.2) is 0 Å². The first-order chi connectivity index (χ1) is 9.42. The van der Waals surface area contributed by atoms with Crippen molar-refractivity contribution in [3.63, 3.8) is 0 Å². The highest BCUT2D eigenvalue weighted by Gasteiger charge is 2.59. The van der Waals surface area contributed by atoms with E-state index in [1.165, 1.54) is 0 Å². The number of nitrogens with zero attached hydrogens (tertiary/aromatic N) is 1. The minimum absolute atomic E-state index is 0.274. The Bertz CT molecular complexity index is 382. The van der Waals surface area contributed by atoms with Gasteiger partial charge < -0.3 is 4.74 Å². The molecule has 0 amide bonds. The van der Waals surface area contributed by atoms with Crippen molar-refractivity contribution in [1.29, 1.82) is 5.26 Å². The van der Waals surface area contributed by atoms with Gasteiger partial charge in [0, 0.05) is 6.04 Å². The van der Waals surface area contributed by atoms with E-state index in [-0.39, 0.29) is 12.0 Å². The largest absolute Gasteiger partial charge is 0.423 e. The molecule has 122 valence electrons. The molecule has 1 aliphatic rings. The van der Waals surface area contributed by atoms with Crippen LogP contribution in [-0.4, -0.2) is 36.6 Å². The highest BCUT2D eigenvalue weighted by Crippen LogP contribution is 2.42. The quantitative estimate of drug-likeness (QED) is 0.765. The van der Waals surface area contributed by atoms with Gasteiger partial charge in [0.15, 0.2) is 0 Å². The number of hydrogen-bond acceptors (Lipinski definition) is 3. The molecule has 0 radical (unpaired) electrons. The lowest BCUT2D eigenvalue weighted by Crippen LogP contribution is -2.55. The fourth-order valence-corrected chi connectivity index (χ4v) is 2.11. The zero-order valence-electron chi connectivity index (χ0n) is 11.5. The Labute approximate surface area is 118 Å². The van der Waals surface area contributed by atoms with Crippen LogP contribution < -0.4 is 5.32 Å². The zero-order chi connectivity index (χ0) is 16.5. The second-order valence-corrected chi connectivity index (χ2v) is 5.43. The average Bonchev–Trinajstić information content (AvgIpc) is 3.07. The van der Waals surface area contributed by atoms with Crippen molar-refractivity contribution in [2.45, 2.75) is 56.7 Å². The molecule has 3 nitrogen and oxygen atoms in total. The van der Waals surface area contributed by atoms with E-state index < -0.39 is 30.6 Å². The molecular weight excluding hydrogens is 302 g/mol. The van der Waals surface area contributed by atoms with E-state index in [0.717, 1.165) is 0 Å². The highest BCUT2D eigenvalue weighted by molar-refractivity contribution is 5.16. The lowest BCUT2D eigenvalue weighted by molar-refractivity contribution is -0.324. The van der Waals surface area contributed by atoms with Gasteiger partial charge in [0.1, 0.15) is 5.54 Å². The summed E-state index contributed by atoms with van der Waals surface area (Å²) < 4.78 is 78.7. The van der Waals surface area contributed by atoms with Crippen LogP contribution in [0.4, 0.5) is 26.3 Å². The van der Waals surface area contributed by atoms with Gasteiger partial charge in [-0.05, 0) is 32.6 Å². The molecule has 0 bridgehead atoms. The normalized spacial score (nSPS) is 19.7. The average molecular weight is 318 g/mol. The molecule has 21 heavy (non-hydrogen) atoms. The molecule has 0 aromatic carbocycles. The molecule has 0 heterocycles. The van der Waals surface area contributed by atoms with Crippen LogP contribution in [-0.2, 0) is 4.74 Å². The number of rotatable bonds is 6. The monoisotopic (exact) mass is 318 g/mol. The first-order valence-electron chi connectivity index (χ1n) is 6.36. The Balaban J connectivity index is 2.87. The van der Waals surface area contributed by atoms with Crippen molar-refractivity contribution in [2.75, 3.05) is 6.61 Å². The van der Waals surface area contributed by atoms with Gasteiger partial charge in [-0.2, -0.15) is 31.6 Å². The smallest absolute Gasteiger partial charge is 0.358 e. The third kappa shape index (κ3) is 4.74. The van der Waals surface area contributed by atoms with Gasteiger partial charge in [0.05, 0.1) is 12.7 Å². The van der Waals surface area contributed by atoms with Crippen molar-refractivity contribution in [2.24, 2.45) is 5.92 Å². The van der Waals surface area contributed by atoms with Crippen LogP contribution in [0.2, 0.25) is 0 Å². The molecule has 9 heteroatoms. The van der Waals surface area contributed by atoms with Crippen LogP contribution in [0.3, 0.4) is 0 Å². The van der Waals surface area contributed by atoms with E-state index >= 15 is 0 Å². The Hall–Kier alpha value is -1.01. The molecule has 1 fully saturated rings. The summed E-state index contributed by atoms with van der Waals surface area (Å²) in [5, 5.41) is 11.9. The summed E-state index contributed by atoms with van der Waals surface area (Å²) >= 11 is 0. The second-order valence-electron chi connectivity index (χ2n) is 5.43. The van der Waals surface area contributed by atoms with E-state index in [2.05, 4.69) is 10.1 Å². The molecule has 0 saturated heterocycles. The molecule has 1 atom stereocenters. The van der Waals surface area contributed by atoms with Crippen molar-refractivity contribution >= 4 is 0 Å². The lowest BCUT2D eigenvalue weighted by Gasteiger charge is -2.32. The number of alkyl halides is 6. The van der Waals surface area contributed by atoms with Gasteiger partial charge >= 0.3 is 12.4 Å². The van der Waals surface area contributed by atoms with Crippen LogP contribution in [0, 0.1) is 17.2 Å². The minimum Gasteiger partial charge on any atom is -0.358 e. The van der Waals surface area contributed by atoms with Gasteiger partial charge in [0.25, 0.3) is 0 Å². The molecule has 1 saturated carbocycles. The van der Waals surface area contributed by atoms with E-state index in [1.807, 2.05) is 0 Å². The lowest BCUT2D eigenvalue weighted by atomic mass is 9.95. The third-order valence-corrected chi connectivity index (χ3v) is 3.09. The summed E-state index contributed by atoms with van der Waals surface area (Å²) in [5.41, 5.74) is -1.52.